The zero-order valence-electron chi connectivity index (χ0n) is 30.6. The molecule has 0 aliphatic carbocycles. The lowest BCUT2D eigenvalue weighted by Crippen LogP contribution is -2.51. The van der Waals surface area contributed by atoms with Crippen molar-refractivity contribution >= 4 is 34.8 Å². The normalized spacial score (nSPS) is 18.5. The van der Waals surface area contributed by atoms with Crippen LogP contribution in [0, 0.1) is 11.8 Å². The number of nitrogens with zero attached hydrogens (tertiary/aromatic N) is 4. The molecule has 2 aliphatic heterocycles. The lowest BCUT2D eigenvalue weighted by atomic mass is 10.0. The van der Waals surface area contributed by atoms with Gasteiger partial charge in [-0.05, 0) is 60.4 Å². The first kappa shape index (κ1) is 36.4. The van der Waals surface area contributed by atoms with Gasteiger partial charge in [0.05, 0.1) is 50.1 Å². The number of H-pyrrole nitrogens is 2. The predicted octanol–water partition coefficient (Wildman–Crippen LogP) is 5.71. The van der Waals surface area contributed by atoms with Crippen molar-refractivity contribution in [3.63, 3.8) is 0 Å². The molecule has 6 rings (SSSR count). The van der Waals surface area contributed by atoms with Crippen molar-refractivity contribution in [3.05, 3.63) is 60.4 Å². The Bertz CT molecular complexity index is 1800. The number of imidazole rings is 2. The number of hydrogen-bond acceptors (Lipinski definition) is 8. The maximum atomic E-state index is 13.5. The Morgan fingerprint density at radius 3 is 1.46 bits per heavy atom. The Balaban J connectivity index is 1.16. The summed E-state index contributed by atoms with van der Waals surface area (Å²) in [7, 11) is 2.57. The second-order valence-corrected chi connectivity index (χ2v) is 14.2. The minimum Gasteiger partial charge on any atom is -0.453 e. The molecule has 14 nitrogen and oxygen atoms in total. The summed E-state index contributed by atoms with van der Waals surface area (Å²) in [5.74, 6) is 0.926. The molecular weight excluding hydrogens is 664 g/mol. The van der Waals surface area contributed by atoms with Crippen LogP contribution in [0.4, 0.5) is 9.59 Å². The number of aromatic amines is 2. The summed E-state index contributed by atoms with van der Waals surface area (Å²) in [5, 5.41) is 7.49. The van der Waals surface area contributed by atoms with Crippen LogP contribution < -0.4 is 10.6 Å². The number of carbonyl (C=O) groups is 4. The van der Waals surface area contributed by atoms with E-state index in [0.717, 1.165) is 59.0 Å². The number of hydrogen-bond donors (Lipinski definition) is 4. The first-order chi connectivity index (χ1) is 25.0. The Kier molecular flexibility index (Phi) is 10.8. The zero-order chi connectivity index (χ0) is 37.1. The van der Waals surface area contributed by atoms with Crippen molar-refractivity contribution in [2.75, 3.05) is 27.3 Å². The standard InChI is InChI=1S/C38H48N8O6/c1-21(2)31(43-37(49)51-5)35(47)45-15-7-9-29(45)33-39-19-27(41-33)25-13-11-24-18-26(14-12-23(24)17-25)28-20-40-34(42-28)30-10-8-16-46(30)36(48)32(22(3)4)44-38(50)52-6/h11-14,17-22,29-32H,7-10,15-16H2,1-6H3,(H,39,41)(H,40,42)(H,43,49)(H,44,50)/t29?,30?,31-,32?/m0/s1. The van der Waals surface area contributed by atoms with Gasteiger partial charge in [-0.2, -0.15) is 0 Å². The molecule has 4 aromatic rings. The van der Waals surface area contributed by atoms with Crippen LogP contribution in [0.5, 0.6) is 0 Å². The predicted molar refractivity (Wildman–Crippen MR) is 195 cm³/mol. The van der Waals surface area contributed by atoms with E-state index in [9.17, 15) is 19.2 Å². The Morgan fingerprint density at radius 2 is 1.10 bits per heavy atom. The van der Waals surface area contributed by atoms with Gasteiger partial charge in [0.1, 0.15) is 23.7 Å². The van der Waals surface area contributed by atoms with Crippen LogP contribution in [0.3, 0.4) is 0 Å². The third kappa shape index (κ3) is 7.46. The highest BCUT2D eigenvalue weighted by Crippen LogP contribution is 2.35. The molecule has 2 aromatic carbocycles. The van der Waals surface area contributed by atoms with Gasteiger partial charge in [0.15, 0.2) is 0 Å². The molecule has 0 radical (unpaired) electrons. The topological polar surface area (TPSA) is 175 Å². The van der Waals surface area contributed by atoms with Gasteiger partial charge in [-0.25, -0.2) is 19.6 Å². The highest BCUT2D eigenvalue weighted by molar-refractivity contribution is 5.90. The van der Waals surface area contributed by atoms with Crippen molar-refractivity contribution in [1.29, 1.82) is 0 Å². The summed E-state index contributed by atoms with van der Waals surface area (Å²) < 4.78 is 9.51. The largest absolute Gasteiger partial charge is 0.453 e. The smallest absolute Gasteiger partial charge is 0.407 e. The molecule has 4 heterocycles. The molecule has 2 aliphatic rings. The van der Waals surface area contributed by atoms with Gasteiger partial charge < -0.3 is 39.9 Å². The van der Waals surface area contributed by atoms with Gasteiger partial charge in [0.2, 0.25) is 11.8 Å². The van der Waals surface area contributed by atoms with Crippen molar-refractivity contribution in [2.24, 2.45) is 11.8 Å². The minimum atomic E-state index is -0.692. The lowest BCUT2D eigenvalue weighted by molar-refractivity contribution is -0.136. The third-order valence-electron chi connectivity index (χ3n) is 10.1. The van der Waals surface area contributed by atoms with Gasteiger partial charge in [0.25, 0.3) is 0 Å². The van der Waals surface area contributed by atoms with E-state index >= 15 is 0 Å². The van der Waals surface area contributed by atoms with Crippen molar-refractivity contribution in [3.8, 4) is 22.5 Å². The molecule has 52 heavy (non-hydrogen) atoms. The van der Waals surface area contributed by atoms with Gasteiger partial charge in [-0.15, -0.1) is 0 Å². The lowest BCUT2D eigenvalue weighted by Gasteiger charge is -2.30. The van der Waals surface area contributed by atoms with Crippen molar-refractivity contribution in [1.82, 2.24) is 40.4 Å². The van der Waals surface area contributed by atoms with Crippen LogP contribution in [-0.2, 0) is 19.1 Å². The minimum absolute atomic E-state index is 0.109. The number of alkyl carbamates (subject to hydrolysis) is 2. The summed E-state index contributed by atoms with van der Waals surface area (Å²) in [6, 6.07) is 10.6. The number of ether oxygens (including phenoxy) is 2. The van der Waals surface area contributed by atoms with Crippen LogP contribution >= 0.6 is 0 Å². The van der Waals surface area contributed by atoms with Crippen molar-refractivity contribution < 1.29 is 28.7 Å². The highest BCUT2D eigenvalue weighted by atomic mass is 16.5. The summed E-state index contributed by atoms with van der Waals surface area (Å²) in [6.07, 6.45) is 5.59. The quantitative estimate of drug-likeness (QED) is 0.162. The molecule has 3 unspecified atom stereocenters. The average molecular weight is 713 g/mol. The fourth-order valence-electron chi connectivity index (χ4n) is 7.27. The fourth-order valence-corrected chi connectivity index (χ4v) is 7.27. The molecule has 2 saturated heterocycles. The second kappa shape index (κ2) is 15.5. The first-order valence-electron chi connectivity index (χ1n) is 17.9. The Hall–Kier alpha value is -5.40. The van der Waals surface area contributed by atoms with E-state index in [2.05, 4.69) is 54.8 Å². The van der Waals surface area contributed by atoms with Crippen LogP contribution in [0.25, 0.3) is 33.3 Å². The number of carbonyl (C=O) groups excluding carboxylic acids is 4. The number of methoxy groups -OCH3 is 2. The summed E-state index contributed by atoms with van der Waals surface area (Å²) in [4.78, 5) is 70.9. The van der Waals surface area contributed by atoms with Gasteiger partial charge >= 0.3 is 12.2 Å². The SMILES string of the molecule is COC(=O)NC(C(=O)N1CCCC1c1ncc(-c2ccc3cc(-c4cnc(C5CCCN5C(=O)[C@@H](NC(=O)OC)C(C)C)[nH]4)ccc3c2)[nH]1)C(C)C. The fraction of sp³-hybridized carbons (Fsp3) is 0.474. The molecule has 0 spiro atoms. The van der Waals surface area contributed by atoms with E-state index in [1.54, 1.807) is 22.2 Å². The molecule has 2 fully saturated rings. The highest BCUT2D eigenvalue weighted by Gasteiger charge is 2.39. The van der Waals surface area contributed by atoms with E-state index in [4.69, 9.17) is 9.47 Å². The van der Waals surface area contributed by atoms with E-state index in [1.165, 1.54) is 14.2 Å². The van der Waals surface area contributed by atoms with Crippen LogP contribution in [0.1, 0.15) is 77.1 Å². The number of fused-ring (bicyclic) bond motifs is 1. The van der Waals surface area contributed by atoms with Gasteiger partial charge in [-0.1, -0.05) is 52.0 Å². The monoisotopic (exact) mass is 712 g/mol. The molecule has 0 bridgehead atoms. The number of nitrogens with one attached hydrogen (secondary N) is 4. The third-order valence-corrected chi connectivity index (χ3v) is 10.1. The van der Waals surface area contributed by atoms with E-state index in [0.29, 0.717) is 24.7 Å². The molecular formula is C38H48N8O6. The molecule has 4 amide bonds. The number of amides is 4. The summed E-state index contributed by atoms with van der Waals surface area (Å²) >= 11 is 0. The summed E-state index contributed by atoms with van der Waals surface area (Å²) in [6.45, 7) is 8.77. The van der Waals surface area contributed by atoms with Crippen LogP contribution in [0.15, 0.2) is 48.8 Å². The number of benzene rings is 2. The number of rotatable bonds is 10. The maximum Gasteiger partial charge on any atom is 0.407 e. The van der Waals surface area contributed by atoms with E-state index in [1.807, 2.05) is 39.8 Å². The van der Waals surface area contributed by atoms with E-state index < -0.39 is 24.3 Å². The van der Waals surface area contributed by atoms with E-state index in [-0.39, 0.29) is 35.7 Å². The van der Waals surface area contributed by atoms with Crippen LogP contribution in [0.2, 0.25) is 0 Å². The summed E-state index contributed by atoms with van der Waals surface area (Å²) in [5.41, 5.74) is 3.64. The molecule has 4 N–H and O–H groups in total. The molecule has 0 saturated carbocycles. The Morgan fingerprint density at radius 1 is 0.692 bits per heavy atom. The van der Waals surface area contributed by atoms with Crippen molar-refractivity contribution in [2.45, 2.75) is 77.5 Å². The van der Waals surface area contributed by atoms with Gasteiger partial charge in [0, 0.05) is 24.2 Å². The zero-order valence-corrected chi connectivity index (χ0v) is 30.6. The molecule has 14 heteroatoms. The molecule has 276 valence electrons. The molecule has 2 aromatic heterocycles. The molecule has 4 atom stereocenters. The maximum absolute atomic E-state index is 13.5. The number of aromatic nitrogens is 4. The Labute approximate surface area is 303 Å². The second-order valence-electron chi connectivity index (χ2n) is 14.2. The van der Waals surface area contributed by atoms with Crippen LogP contribution in [-0.4, -0.2) is 93.1 Å². The first-order valence-corrected chi connectivity index (χ1v) is 17.9. The van der Waals surface area contributed by atoms with Gasteiger partial charge in [-0.3, -0.25) is 9.59 Å². The average Bonchev–Trinajstić information content (AvgIpc) is 3.97. The number of likely N-dealkylation sites (tertiary alicyclic amines) is 2.